The zero-order valence-electron chi connectivity index (χ0n) is 5.33. The van der Waals surface area contributed by atoms with Gasteiger partial charge in [-0.1, -0.05) is 12.2 Å². The molecule has 0 rings (SSSR count). The van der Waals surface area contributed by atoms with Crippen LogP contribution in [0.1, 0.15) is 13.3 Å². The highest BCUT2D eigenvalue weighted by atomic mass is 35.5. The predicted molar refractivity (Wildman–Crippen MR) is 42.8 cm³/mol. The molecule has 0 aromatic carbocycles. The Hall–Kier alpha value is 0.220. The van der Waals surface area contributed by atoms with Gasteiger partial charge in [0.2, 0.25) is 0 Å². The lowest BCUT2D eigenvalue weighted by molar-refractivity contribution is 0.503. The second-order valence-electron chi connectivity index (χ2n) is 1.50. The standard InChI is InChI=1S/C5H11O2P.ClH/c1-2-3-4-5-8(6)7;/h2-3,8H,4-5H2,1H3,(H,6,7);1H. The third-order valence-electron chi connectivity index (χ3n) is 0.761. The summed E-state index contributed by atoms with van der Waals surface area (Å²) in [7, 11) is -2.21. The summed E-state index contributed by atoms with van der Waals surface area (Å²) in [6.45, 7) is 1.90. The van der Waals surface area contributed by atoms with Gasteiger partial charge in [0.1, 0.15) is 0 Å². The van der Waals surface area contributed by atoms with Crippen LogP contribution in [0.15, 0.2) is 12.2 Å². The lowest BCUT2D eigenvalue weighted by atomic mass is 10.4. The van der Waals surface area contributed by atoms with Crippen molar-refractivity contribution in [1.29, 1.82) is 0 Å². The van der Waals surface area contributed by atoms with Gasteiger partial charge in [-0.05, 0) is 13.3 Å². The van der Waals surface area contributed by atoms with E-state index in [0.29, 0.717) is 6.16 Å². The number of hydrogen-bond donors (Lipinski definition) is 1. The molecule has 0 aliphatic carbocycles. The molecular formula is C5H12ClO2P. The van der Waals surface area contributed by atoms with Crippen molar-refractivity contribution in [3.05, 3.63) is 12.2 Å². The molecule has 56 valence electrons. The topological polar surface area (TPSA) is 37.3 Å². The molecule has 9 heavy (non-hydrogen) atoms. The minimum Gasteiger partial charge on any atom is -0.346 e. The third-order valence-corrected chi connectivity index (χ3v) is 1.48. The van der Waals surface area contributed by atoms with Gasteiger partial charge in [0.15, 0.2) is 8.03 Å². The Kier molecular flexibility index (Phi) is 10.9. The van der Waals surface area contributed by atoms with Crippen molar-refractivity contribution in [2.24, 2.45) is 0 Å². The normalized spacial score (nSPS) is 13.1. The molecule has 0 fully saturated rings. The summed E-state index contributed by atoms with van der Waals surface area (Å²) in [5.74, 6) is 0. The molecule has 0 spiro atoms. The lowest BCUT2D eigenvalue weighted by Crippen LogP contribution is -1.70. The molecule has 1 unspecified atom stereocenters. The van der Waals surface area contributed by atoms with Crippen LogP contribution in [0.3, 0.4) is 0 Å². The maximum atomic E-state index is 10.0. The highest BCUT2D eigenvalue weighted by Gasteiger charge is 1.86. The summed E-state index contributed by atoms with van der Waals surface area (Å²) in [6.07, 6.45) is 4.92. The van der Waals surface area contributed by atoms with Crippen molar-refractivity contribution in [2.75, 3.05) is 6.16 Å². The van der Waals surface area contributed by atoms with E-state index in [1.54, 1.807) is 0 Å². The van der Waals surface area contributed by atoms with Gasteiger partial charge in [0.25, 0.3) is 0 Å². The molecule has 0 saturated carbocycles. The minimum absolute atomic E-state index is 0. The monoisotopic (exact) mass is 170 g/mol. The maximum Gasteiger partial charge on any atom is 0.189 e. The Morgan fingerprint density at radius 2 is 2.22 bits per heavy atom. The fourth-order valence-corrected chi connectivity index (χ4v) is 0.787. The lowest BCUT2D eigenvalue weighted by Gasteiger charge is -1.85. The Morgan fingerprint density at radius 1 is 1.67 bits per heavy atom. The van der Waals surface area contributed by atoms with Crippen LogP contribution < -0.4 is 0 Å². The third kappa shape index (κ3) is 11.7. The molecule has 0 aromatic heterocycles. The van der Waals surface area contributed by atoms with E-state index in [1.165, 1.54) is 0 Å². The molecule has 0 aromatic rings. The first-order chi connectivity index (χ1) is 3.77. The highest BCUT2D eigenvalue weighted by Crippen LogP contribution is 2.13. The average molecular weight is 171 g/mol. The Balaban J connectivity index is 0. The predicted octanol–water partition coefficient (Wildman–Crippen LogP) is 1.84. The molecule has 0 amide bonds. The first-order valence-electron chi connectivity index (χ1n) is 2.60. The van der Waals surface area contributed by atoms with Gasteiger partial charge in [-0.25, -0.2) is 0 Å². The molecule has 0 bridgehead atoms. The van der Waals surface area contributed by atoms with Gasteiger partial charge in [-0.15, -0.1) is 12.4 Å². The second-order valence-corrected chi connectivity index (χ2v) is 2.79. The molecule has 0 heterocycles. The summed E-state index contributed by atoms with van der Waals surface area (Å²) >= 11 is 0. The summed E-state index contributed by atoms with van der Waals surface area (Å²) in [6, 6.07) is 0. The van der Waals surface area contributed by atoms with Gasteiger partial charge < -0.3 is 4.89 Å². The van der Waals surface area contributed by atoms with Crippen LogP contribution in [0.25, 0.3) is 0 Å². The molecule has 0 saturated heterocycles. The number of allylic oxidation sites excluding steroid dienone is 2. The fraction of sp³-hybridized carbons (Fsp3) is 0.600. The van der Waals surface area contributed by atoms with Crippen LogP contribution in [0.5, 0.6) is 0 Å². The van der Waals surface area contributed by atoms with E-state index in [4.69, 9.17) is 4.89 Å². The van der Waals surface area contributed by atoms with Gasteiger partial charge in [-0.2, -0.15) is 0 Å². The van der Waals surface area contributed by atoms with Crippen LogP contribution in [0.2, 0.25) is 0 Å². The van der Waals surface area contributed by atoms with Crippen LogP contribution >= 0.6 is 20.4 Å². The average Bonchev–Trinajstić information content (AvgIpc) is 1.66. The van der Waals surface area contributed by atoms with Crippen LogP contribution in [-0.2, 0) is 4.57 Å². The van der Waals surface area contributed by atoms with Gasteiger partial charge in [0.05, 0.1) is 0 Å². The summed E-state index contributed by atoms with van der Waals surface area (Å²) in [4.78, 5) is 8.29. The number of halogens is 1. The molecule has 0 radical (unpaired) electrons. The smallest absolute Gasteiger partial charge is 0.189 e. The molecule has 0 aliphatic heterocycles. The fourth-order valence-electron chi connectivity index (χ4n) is 0.373. The van der Waals surface area contributed by atoms with Crippen molar-refractivity contribution < 1.29 is 9.46 Å². The van der Waals surface area contributed by atoms with E-state index in [2.05, 4.69) is 0 Å². The van der Waals surface area contributed by atoms with Gasteiger partial charge >= 0.3 is 0 Å². The zero-order chi connectivity index (χ0) is 6.41. The van der Waals surface area contributed by atoms with Crippen LogP contribution in [0.4, 0.5) is 0 Å². The van der Waals surface area contributed by atoms with Gasteiger partial charge in [0, 0.05) is 6.16 Å². The molecule has 2 nitrogen and oxygen atoms in total. The van der Waals surface area contributed by atoms with E-state index < -0.39 is 8.03 Å². The van der Waals surface area contributed by atoms with Crippen molar-refractivity contribution >= 4 is 20.4 Å². The van der Waals surface area contributed by atoms with E-state index in [-0.39, 0.29) is 12.4 Å². The summed E-state index contributed by atoms with van der Waals surface area (Å²) in [5.41, 5.74) is 0. The Labute approximate surface area is 62.2 Å². The number of rotatable bonds is 3. The first-order valence-corrected chi connectivity index (χ1v) is 4.16. The van der Waals surface area contributed by atoms with E-state index in [1.807, 2.05) is 19.1 Å². The number of hydrogen-bond acceptors (Lipinski definition) is 1. The maximum absolute atomic E-state index is 10.0. The van der Waals surface area contributed by atoms with Crippen molar-refractivity contribution in [2.45, 2.75) is 13.3 Å². The summed E-state index contributed by atoms with van der Waals surface area (Å²) < 4.78 is 10.0. The zero-order valence-corrected chi connectivity index (χ0v) is 7.15. The highest BCUT2D eigenvalue weighted by molar-refractivity contribution is 7.37. The van der Waals surface area contributed by atoms with Crippen LogP contribution in [-0.4, -0.2) is 11.1 Å². The van der Waals surface area contributed by atoms with E-state index in [9.17, 15) is 4.57 Å². The minimum atomic E-state index is -2.21. The first kappa shape index (κ1) is 12.0. The SMILES string of the molecule is CC=CCC[PH](=O)O.Cl. The largest absolute Gasteiger partial charge is 0.346 e. The molecule has 4 heteroatoms. The van der Waals surface area contributed by atoms with E-state index >= 15 is 0 Å². The van der Waals surface area contributed by atoms with Crippen LogP contribution in [0, 0.1) is 0 Å². The Bertz CT molecular complexity index is 103. The van der Waals surface area contributed by atoms with Crippen molar-refractivity contribution in [3.8, 4) is 0 Å². The molecule has 1 atom stereocenters. The van der Waals surface area contributed by atoms with Gasteiger partial charge in [-0.3, -0.25) is 4.57 Å². The quantitative estimate of drug-likeness (QED) is 0.519. The van der Waals surface area contributed by atoms with E-state index in [0.717, 1.165) is 6.42 Å². The molecule has 0 aliphatic rings. The van der Waals surface area contributed by atoms with Crippen molar-refractivity contribution in [3.63, 3.8) is 0 Å². The molecular weight excluding hydrogens is 158 g/mol. The van der Waals surface area contributed by atoms with Crippen molar-refractivity contribution in [1.82, 2.24) is 0 Å². The Morgan fingerprint density at radius 3 is 2.56 bits per heavy atom. The summed E-state index contributed by atoms with van der Waals surface area (Å²) in [5, 5.41) is 0. The molecule has 1 N–H and O–H groups in total. The second kappa shape index (κ2) is 8.22.